The zero-order valence-corrected chi connectivity index (χ0v) is 20.1. The topological polar surface area (TPSA) is 94.5 Å². The molecule has 0 aromatic heterocycles. The molecule has 160 valence electrons. The van der Waals surface area contributed by atoms with Gasteiger partial charge in [-0.1, -0.05) is 0 Å². The number of aliphatic imine (C=N–C) groups is 1. The van der Waals surface area contributed by atoms with Crippen LogP contribution in [-0.4, -0.2) is 107 Å². The van der Waals surface area contributed by atoms with Gasteiger partial charge < -0.3 is 19.9 Å². The third-order valence-electron chi connectivity index (χ3n) is 4.06. The van der Waals surface area contributed by atoms with Crippen LogP contribution in [0, 0.1) is 0 Å². The molecule has 1 heterocycles. The summed E-state index contributed by atoms with van der Waals surface area (Å²) >= 11 is 0. The second-order valence-electron chi connectivity index (χ2n) is 6.63. The summed E-state index contributed by atoms with van der Waals surface area (Å²) in [4.78, 5) is 19.4. The molecule has 0 saturated carbocycles. The van der Waals surface area contributed by atoms with E-state index in [1.807, 2.05) is 18.7 Å². The Hall–Kier alpha value is -0.660. The molecule has 0 spiro atoms. The maximum atomic E-state index is 12.4. The second-order valence-corrected chi connectivity index (χ2v) is 8.72. The predicted molar refractivity (Wildman–Crippen MR) is 118 cm³/mol. The van der Waals surface area contributed by atoms with Gasteiger partial charge in [-0.3, -0.25) is 9.79 Å². The third kappa shape index (κ3) is 9.39. The van der Waals surface area contributed by atoms with E-state index in [1.165, 1.54) is 4.31 Å². The average molecular weight is 519 g/mol. The van der Waals surface area contributed by atoms with Gasteiger partial charge in [0.15, 0.2) is 5.96 Å². The Kier molecular flexibility index (Phi) is 12.4. The van der Waals surface area contributed by atoms with Gasteiger partial charge in [-0.05, 0) is 13.8 Å². The van der Waals surface area contributed by atoms with Crippen LogP contribution in [-0.2, 0) is 19.6 Å². The highest BCUT2D eigenvalue weighted by atomic mass is 127. The SMILES string of the molecule is CN=C(NCCC(=O)N(C)C)N1CCN(S(=O)(=O)CCOC(C)C)CC1.I. The fourth-order valence-corrected chi connectivity index (χ4v) is 3.82. The first-order valence-corrected chi connectivity index (χ1v) is 10.5. The molecule has 1 saturated heterocycles. The van der Waals surface area contributed by atoms with Crippen LogP contribution in [0.4, 0.5) is 0 Å². The maximum absolute atomic E-state index is 12.4. The van der Waals surface area contributed by atoms with Crippen molar-refractivity contribution in [1.82, 2.24) is 19.4 Å². The molecule has 0 aromatic carbocycles. The van der Waals surface area contributed by atoms with Gasteiger partial charge in [0, 0.05) is 60.3 Å². The van der Waals surface area contributed by atoms with E-state index in [1.54, 1.807) is 26.0 Å². The number of hydrogen-bond donors (Lipinski definition) is 1. The zero-order chi connectivity index (χ0) is 19.7. The van der Waals surface area contributed by atoms with Crippen LogP contribution in [0.15, 0.2) is 4.99 Å². The number of sulfonamides is 1. The molecule has 1 rings (SSSR count). The lowest BCUT2D eigenvalue weighted by Gasteiger charge is -2.35. The Morgan fingerprint density at radius 1 is 1.22 bits per heavy atom. The van der Waals surface area contributed by atoms with Gasteiger partial charge >= 0.3 is 0 Å². The summed E-state index contributed by atoms with van der Waals surface area (Å²) in [5.41, 5.74) is 0. The molecule has 1 N–H and O–H groups in total. The molecule has 1 amide bonds. The number of carbonyl (C=O) groups excluding carboxylic acids is 1. The van der Waals surface area contributed by atoms with E-state index in [-0.39, 0.29) is 48.3 Å². The minimum absolute atomic E-state index is 0. The minimum Gasteiger partial charge on any atom is -0.378 e. The number of rotatable bonds is 8. The molecule has 0 unspecified atom stereocenters. The minimum atomic E-state index is -3.30. The fraction of sp³-hybridized carbons (Fsp3) is 0.875. The fourth-order valence-electron chi connectivity index (χ4n) is 2.53. The van der Waals surface area contributed by atoms with Crippen molar-refractivity contribution >= 4 is 45.9 Å². The van der Waals surface area contributed by atoms with E-state index < -0.39 is 10.0 Å². The van der Waals surface area contributed by atoms with Gasteiger partial charge in [-0.15, -0.1) is 24.0 Å². The number of guanidine groups is 1. The summed E-state index contributed by atoms with van der Waals surface area (Å²) in [6.45, 7) is 6.43. The molecular weight excluding hydrogens is 485 g/mol. The molecule has 1 aliphatic heterocycles. The zero-order valence-electron chi connectivity index (χ0n) is 17.0. The summed E-state index contributed by atoms with van der Waals surface area (Å²) in [6, 6.07) is 0. The molecule has 27 heavy (non-hydrogen) atoms. The predicted octanol–water partition coefficient (Wildman–Crippen LogP) is 0.0305. The Balaban J connectivity index is 0.00000676. The second kappa shape index (κ2) is 12.7. The standard InChI is InChI=1S/C16H33N5O4S.HI/c1-14(2)25-12-13-26(23,24)21-10-8-20(9-11-21)16(17-3)18-7-6-15(22)19(4)5;/h14H,6-13H2,1-5H3,(H,17,18);1H. The number of hydrogen-bond acceptors (Lipinski definition) is 5. The van der Waals surface area contributed by atoms with E-state index in [9.17, 15) is 13.2 Å². The summed E-state index contributed by atoms with van der Waals surface area (Å²) in [6.07, 6.45) is 0.409. The van der Waals surface area contributed by atoms with Crippen LogP contribution in [0.5, 0.6) is 0 Å². The molecule has 1 fully saturated rings. The number of nitrogens with one attached hydrogen (secondary N) is 1. The third-order valence-corrected chi connectivity index (χ3v) is 5.89. The first-order chi connectivity index (χ1) is 12.2. The quantitative estimate of drug-likeness (QED) is 0.276. The Labute approximate surface area is 180 Å². The highest BCUT2D eigenvalue weighted by Gasteiger charge is 2.28. The number of halogens is 1. The summed E-state index contributed by atoms with van der Waals surface area (Å²) in [7, 11) is 1.83. The van der Waals surface area contributed by atoms with Crippen molar-refractivity contribution in [2.45, 2.75) is 26.4 Å². The van der Waals surface area contributed by atoms with Crippen molar-refractivity contribution in [3.8, 4) is 0 Å². The highest BCUT2D eigenvalue weighted by molar-refractivity contribution is 14.0. The molecule has 11 heteroatoms. The van der Waals surface area contributed by atoms with E-state index in [4.69, 9.17) is 4.74 Å². The van der Waals surface area contributed by atoms with Crippen molar-refractivity contribution in [3.05, 3.63) is 0 Å². The van der Waals surface area contributed by atoms with Crippen LogP contribution < -0.4 is 5.32 Å². The van der Waals surface area contributed by atoms with Gasteiger partial charge in [0.1, 0.15) is 0 Å². The molecule has 0 aliphatic carbocycles. The van der Waals surface area contributed by atoms with Crippen molar-refractivity contribution in [2.24, 2.45) is 4.99 Å². The lowest BCUT2D eigenvalue weighted by molar-refractivity contribution is -0.128. The first-order valence-electron chi connectivity index (χ1n) is 8.92. The van der Waals surface area contributed by atoms with Crippen LogP contribution in [0.2, 0.25) is 0 Å². The van der Waals surface area contributed by atoms with E-state index in [0.717, 1.165) is 0 Å². The normalized spacial score (nSPS) is 16.2. The van der Waals surface area contributed by atoms with E-state index in [0.29, 0.717) is 45.1 Å². The van der Waals surface area contributed by atoms with Gasteiger partial charge in [0.25, 0.3) is 0 Å². The van der Waals surface area contributed by atoms with Gasteiger partial charge in [0.05, 0.1) is 18.5 Å². The molecule has 0 radical (unpaired) electrons. The average Bonchev–Trinajstić information content (AvgIpc) is 2.58. The molecule has 0 aromatic rings. The number of nitrogens with zero attached hydrogens (tertiary/aromatic N) is 4. The van der Waals surface area contributed by atoms with Gasteiger partial charge in [-0.2, -0.15) is 4.31 Å². The highest BCUT2D eigenvalue weighted by Crippen LogP contribution is 2.09. The van der Waals surface area contributed by atoms with Gasteiger partial charge in [-0.25, -0.2) is 8.42 Å². The summed E-state index contributed by atoms with van der Waals surface area (Å²) in [5.74, 6) is 0.745. The van der Waals surface area contributed by atoms with Crippen molar-refractivity contribution in [3.63, 3.8) is 0 Å². The number of piperazine rings is 1. The van der Waals surface area contributed by atoms with Crippen molar-refractivity contribution < 1.29 is 17.9 Å². The van der Waals surface area contributed by atoms with Crippen molar-refractivity contribution in [1.29, 1.82) is 0 Å². The lowest BCUT2D eigenvalue weighted by atomic mass is 10.3. The van der Waals surface area contributed by atoms with Crippen LogP contribution in [0.3, 0.4) is 0 Å². The Morgan fingerprint density at radius 2 is 1.81 bits per heavy atom. The Bertz CT molecular complexity index is 575. The van der Waals surface area contributed by atoms with Crippen molar-refractivity contribution in [2.75, 3.05) is 66.2 Å². The van der Waals surface area contributed by atoms with Crippen LogP contribution in [0.25, 0.3) is 0 Å². The molecular formula is C16H34IN5O4S. The monoisotopic (exact) mass is 519 g/mol. The molecule has 9 nitrogen and oxygen atoms in total. The van der Waals surface area contributed by atoms with E-state index in [2.05, 4.69) is 10.3 Å². The van der Waals surface area contributed by atoms with Gasteiger partial charge in [0.2, 0.25) is 15.9 Å². The lowest BCUT2D eigenvalue weighted by Crippen LogP contribution is -2.54. The number of amides is 1. The van der Waals surface area contributed by atoms with Crippen LogP contribution >= 0.6 is 24.0 Å². The first kappa shape index (κ1) is 26.3. The summed E-state index contributed by atoms with van der Waals surface area (Å²) < 4.78 is 31.6. The van der Waals surface area contributed by atoms with E-state index >= 15 is 0 Å². The smallest absolute Gasteiger partial charge is 0.223 e. The number of carbonyl (C=O) groups is 1. The maximum Gasteiger partial charge on any atom is 0.223 e. The Morgan fingerprint density at radius 3 is 2.30 bits per heavy atom. The largest absolute Gasteiger partial charge is 0.378 e. The van der Waals surface area contributed by atoms with Crippen LogP contribution in [0.1, 0.15) is 20.3 Å². The molecule has 0 bridgehead atoms. The molecule has 0 atom stereocenters. The number of ether oxygens (including phenoxy) is 1. The summed E-state index contributed by atoms with van der Waals surface area (Å²) in [5, 5.41) is 3.17. The molecule has 1 aliphatic rings.